The number of aromatic carboxylic acids is 1. The summed E-state index contributed by atoms with van der Waals surface area (Å²) in [6.07, 6.45) is 2.38. The van der Waals surface area contributed by atoms with E-state index in [-0.39, 0.29) is 49.4 Å². The molecule has 6 nitrogen and oxygen atoms in total. The largest absolute Gasteiger partial charge is 1.00 e. The molecule has 1 aliphatic heterocycles. The Hall–Kier alpha value is -3.65. The number of carboxylic acid groups (broad SMARTS) is 1. The van der Waals surface area contributed by atoms with E-state index in [4.69, 9.17) is 26.6 Å². The number of hydrogen-bond acceptors (Lipinski definition) is 9. The molecule has 14 heteroatoms. The fourth-order valence-corrected chi connectivity index (χ4v) is 9.94. The predicted molar refractivity (Wildman–Crippen MR) is 271 cm³/mol. The fourth-order valence-electron chi connectivity index (χ4n) is 5.71. The summed E-state index contributed by atoms with van der Waals surface area (Å²) >= 11 is 12.0. The van der Waals surface area contributed by atoms with Crippen molar-refractivity contribution in [1.29, 1.82) is 0 Å². The van der Waals surface area contributed by atoms with Crippen LogP contribution in [-0.4, -0.2) is 45.3 Å². The number of hydrogen-bond donors (Lipinski definition) is 3. The van der Waals surface area contributed by atoms with Crippen LogP contribution in [0.15, 0.2) is 153 Å². The normalized spacial score (nSPS) is 11.1. The van der Waals surface area contributed by atoms with E-state index in [1.54, 1.807) is 68.8 Å². The van der Waals surface area contributed by atoms with E-state index in [1.165, 1.54) is 46.8 Å². The van der Waals surface area contributed by atoms with Gasteiger partial charge in [-0.3, -0.25) is 0 Å². The first-order valence-electron chi connectivity index (χ1n) is 18.6. The number of rotatable bonds is 3. The third-order valence-corrected chi connectivity index (χ3v) is 13.8. The zero-order valence-corrected chi connectivity index (χ0v) is 38.7. The van der Waals surface area contributed by atoms with Gasteiger partial charge in [0.15, 0.2) is 23.0 Å². The molecule has 3 N–H and O–H groups in total. The molecule has 1 fully saturated rings. The van der Waals surface area contributed by atoms with Gasteiger partial charge in [0.1, 0.15) is 0 Å². The number of carbonyl (C=O) groups is 1. The van der Waals surface area contributed by atoms with Crippen molar-refractivity contribution in [2.75, 3.05) is 6.61 Å². The van der Waals surface area contributed by atoms with Gasteiger partial charge in [-0.2, -0.15) is 6.42 Å². The molecule has 0 radical (unpaired) electrons. The number of thiophene rings is 5. The minimum atomic E-state index is -0.872. The van der Waals surface area contributed by atoms with E-state index in [1.807, 2.05) is 90.2 Å². The molecule has 1 aliphatic rings. The molecule has 0 aliphatic carbocycles. The van der Waals surface area contributed by atoms with E-state index in [0.29, 0.717) is 5.56 Å². The van der Waals surface area contributed by atoms with Crippen LogP contribution in [0.3, 0.4) is 0 Å². The van der Waals surface area contributed by atoms with Crippen LogP contribution in [0.25, 0.3) is 55.3 Å². The third kappa shape index (κ3) is 15.3. The molecule has 310 valence electrons. The SMILES string of the molecule is Brc1ccc2sccc2c1.O=C(O)c1ccc2sccc2c1.OCc1ccc2sccc2c1.OCc1ccc2sccc2c1.[AlH3].[C-]#[N+]c1ccc2sccc2c1.[CH-]1CCCO1.[Li+]. The monoisotopic (exact) mass is 985 g/mol. The van der Waals surface area contributed by atoms with Crippen molar-refractivity contribution in [2.45, 2.75) is 26.1 Å². The number of benzene rings is 5. The second-order valence-electron chi connectivity index (χ2n) is 12.9. The van der Waals surface area contributed by atoms with Crippen LogP contribution < -0.4 is 18.9 Å². The Balaban J connectivity index is 0.000000164. The molecule has 0 atom stereocenters. The number of aliphatic hydroxyl groups excluding tert-OH is 2. The molecule has 5 aromatic heterocycles. The summed E-state index contributed by atoms with van der Waals surface area (Å²) in [5.41, 5.74) is 3.03. The molecular weight excluding hydrogens is 945 g/mol. The van der Waals surface area contributed by atoms with Crippen molar-refractivity contribution < 1.29 is 43.7 Å². The first-order chi connectivity index (χ1) is 29.3. The Labute approximate surface area is 412 Å². The average Bonchev–Trinajstić information content (AvgIpc) is 4.14. The Morgan fingerprint density at radius 1 is 0.613 bits per heavy atom. The van der Waals surface area contributed by atoms with Crippen molar-refractivity contribution in [1.82, 2.24) is 0 Å². The summed E-state index contributed by atoms with van der Waals surface area (Å²) in [5, 5.41) is 42.5. The maximum absolute atomic E-state index is 10.6. The maximum atomic E-state index is 10.6. The quantitative estimate of drug-likeness (QED) is 0.121. The van der Waals surface area contributed by atoms with E-state index in [0.717, 1.165) is 44.4 Å². The Morgan fingerprint density at radius 3 is 1.44 bits per heavy atom. The number of nitrogens with zero attached hydrogens (tertiary/aromatic N) is 1. The van der Waals surface area contributed by atoms with Gasteiger partial charge < -0.3 is 20.1 Å². The van der Waals surface area contributed by atoms with Gasteiger partial charge in [-0.1, -0.05) is 46.6 Å². The van der Waals surface area contributed by atoms with Gasteiger partial charge in [0.2, 0.25) is 0 Å². The molecule has 0 unspecified atom stereocenters. The molecule has 5 aromatic carbocycles. The molecular formula is C48H42AlBrLiNO5S5. The second kappa shape index (κ2) is 26.9. The zero-order valence-electron chi connectivity index (χ0n) is 33.1. The smallest absolute Gasteiger partial charge is 0.552 e. The molecule has 6 heterocycles. The number of ether oxygens (including phenoxy) is 1. The fraction of sp³-hybridized carbons (Fsp3) is 0.104. The van der Waals surface area contributed by atoms with Crippen LogP contribution in [0.5, 0.6) is 0 Å². The predicted octanol–water partition coefficient (Wildman–Crippen LogP) is 11.3. The number of carboxylic acids is 1. The van der Waals surface area contributed by atoms with E-state index >= 15 is 0 Å². The molecule has 0 amide bonds. The van der Waals surface area contributed by atoms with Crippen LogP contribution in [-0.2, 0) is 18.0 Å². The standard InChI is InChI=1S/C9H5NS.C9H6O2S.2C9H8OS.C8H5BrS.C4H7O.Al.Li.3H/c1-10-8-2-3-9-7(6-8)4-5-11-9;10-9(11)7-1-2-8-6(5-7)3-4-12-8;2*10-6-7-1-2-9-8(5-7)3-4-11-9;9-7-1-2-8-6(5-7)3-4-10-8;1-2-4-5-3-1;;;;;/h2-6H;1-5H,(H,10,11);2*1-5,10H,6H2;1-5H;3H,1-2,4H2;;;;;/q;;;;;-1;;+1;;;. The Bertz CT molecular complexity index is 2860. The summed E-state index contributed by atoms with van der Waals surface area (Å²) in [4.78, 5) is 13.9. The van der Waals surface area contributed by atoms with Crippen molar-refractivity contribution >= 4 is 152 Å². The second-order valence-corrected chi connectivity index (χ2v) is 18.6. The molecule has 11 rings (SSSR count). The van der Waals surface area contributed by atoms with Gasteiger partial charge in [-0.05, 0) is 162 Å². The maximum Gasteiger partial charge on any atom is 1.00 e. The van der Waals surface area contributed by atoms with E-state index < -0.39 is 5.97 Å². The summed E-state index contributed by atoms with van der Waals surface area (Å²) in [6.45, 7) is 9.87. The topological polar surface area (TPSA) is 91.4 Å². The van der Waals surface area contributed by atoms with Crippen molar-refractivity contribution in [3.05, 3.63) is 187 Å². The van der Waals surface area contributed by atoms with Crippen LogP contribution in [0.2, 0.25) is 0 Å². The number of fused-ring (bicyclic) bond motifs is 5. The zero-order chi connectivity index (χ0) is 42.1. The minimum Gasteiger partial charge on any atom is -0.552 e. The third-order valence-electron chi connectivity index (χ3n) is 8.78. The Kier molecular flexibility index (Phi) is 22.1. The summed E-state index contributed by atoms with van der Waals surface area (Å²) in [5.74, 6) is -0.872. The molecule has 0 saturated carbocycles. The molecule has 10 aromatic rings. The van der Waals surface area contributed by atoms with Crippen LogP contribution in [0.1, 0.15) is 34.3 Å². The van der Waals surface area contributed by atoms with Crippen molar-refractivity contribution in [3.63, 3.8) is 0 Å². The van der Waals surface area contributed by atoms with Gasteiger partial charge in [0.05, 0.1) is 25.3 Å². The number of aliphatic hydroxyl groups is 2. The van der Waals surface area contributed by atoms with E-state index in [9.17, 15) is 4.79 Å². The number of halogens is 1. The molecule has 0 bridgehead atoms. The average molecular weight is 987 g/mol. The van der Waals surface area contributed by atoms with Gasteiger partial charge in [0, 0.05) is 34.6 Å². The Morgan fingerprint density at radius 2 is 1.03 bits per heavy atom. The van der Waals surface area contributed by atoms with Gasteiger partial charge in [0.25, 0.3) is 0 Å². The molecule has 62 heavy (non-hydrogen) atoms. The van der Waals surface area contributed by atoms with Crippen LogP contribution in [0.4, 0.5) is 5.69 Å². The summed E-state index contributed by atoms with van der Waals surface area (Å²) in [7, 11) is 0. The van der Waals surface area contributed by atoms with Gasteiger partial charge >= 0.3 is 24.8 Å². The van der Waals surface area contributed by atoms with Crippen LogP contribution >= 0.6 is 72.6 Å². The first-order valence-corrected chi connectivity index (χ1v) is 23.8. The van der Waals surface area contributed by atoms with Gasteiger partial charge in [-0.15, -0.1) is 56.7 Å². The van der Waals surface area contributed by atoms with E-state index in [2.05, 4.69) is 73.3 Å². The summed E-state index contributed by atoms with van der Waals surface area (Å²) in [6, 6.07) is 39.5. The molecule has 1 saturated heterocycles. The molecule has 0 spiro atoms. The summed E-state index contributed by atoms with van der Waals surface area (Å²) < 4.78 is 12.3. The minimum absolute atomic E-state index is 0. The van der Waals surface area contributed by atoms with Crippen molar-refractivity contribution in [3.8, 4) is 0 Å². The van der Waals surface area contributed by atoms with Crippen LogP contribution in [0, 0.1) is 13.2 Å². The van der Waals surface area contributed by atoms with Crippen molar-refractivity contribution in [2.24, 2.45) is 0 Å². The first kappa shape index (κ1) is 51.0. The van der Waals surface area contributed by atoms with Gasteiger partial charge in [-0.25, -0.2) is 16.2 Å².